The fraction of sp³-hybridized carbons (Fsp3) is 0.636. The monoisotopic (exact) mass is 301 g/mol. The Labute approximate surface area is 109 Å². The normalized spacial score (nSPS) is 15.5. The third-order valence-corrected chi connectivity index (χ3v) is 3.03. The second-order valence-electron chi connectivity index (χ2n) is 5.01. The first-order chi connectivity index (χ1) is 7.88. The number of nitrogens with zero attached hydrogens (tertiary/aromatic N) is 2. The Kier molecular flexibility index (Phi) is 3.27. The van der Waals surface area contributed by atoms with E-state index in [1.807, 2.05) is 25.3 Å². The molecule has 0 radical (unpaired) electrons. The zero-order chi connectivity index (χ0) is 12.6. The molecule has 0 aliphatic carbocycles. The van der Waals surface area contributed by atoms with Crippen molar-refractivity contribution < 1.29 is 9.53 Å². The highest BCUT2D eigenvalue weighted by atomic mass is 79.9. The fourth-order valence-corrected chi connectivity index (χ4v) is 2.32. The van der Waals surface area contributed by atoms with Crippen molar-refractivity contribution >= 4 is 21.9 Å². The molecule has 0 atom stereocenters. The Hall–Kier alpha value is -0.880. The summed E-state index contributed by atoms with van der Waals surface area (Å²) in [7, 11) is 0. The highest BCUT2D eigenvalue weighted by Crippen LogP contribution is 2.21. The average Bonchev–Trinajstić information content (AvgIpc) is 2.55. The highest BCUT2D eigenvalue weighted by Gasteiger charge is 2.27. The lowest BCUT2D eigenvalue weighted by atomic mass is 10.2. The van der Waals surface area contributed by atoms with E-state index in [1.54, 1.807) is 0 Å². The van der Waals surface area contributed by atoms with Gasteiger partial charge in [-0.15, -0.1) is 0 Å². The predicted molar refractivity (Wildman–Crippen MR) is 66.8 cm³/mol. The van der Waals surface area contributed by atoms with Crippen LogP contribution < -0.4 is 5.32 Å². The molecule has 17 heavy (non-hydrogen) atoms. The molecule has 0 saturated heterocycles. The van der Waals surface area contributed by atoms with Gasteiger partial charge < -0.3 is 14.6 Å². The molecular formula is C11H16BrN3O2. The molecular weight excluding hydrogens is 286 g/mol. The number of hydrogen-bond donors (Lipinski definition) is 1. The molecule has 1 aliphatic rings. The third-order valence-electron chi connectivity index (χ3n) is 2.42. The first-order valence-corrected chi connectivity index (χ1v) is 6.37. The zero-order valence-corrected chi connectivity index (χ0v) is 11.8. The highest BCUT2D eigenvalue weighted by molar-refractivity contribution is 9.10. The van der Waals surface area contributed by atoms with Crippen LogP contribution in [0.2, 0.25) is 0 Å². The zero-order valence-electron chi connectivity index (χ0n) is 10.2. The van der Waals surface area contributed by atoms with Gasteiger partial charge in [0, 0.05) is 19.6 Å². The summed E-state index contributed by atoms with van der Waals surface area (Å²) in [6, 6.07) is 0. The standard InChI is InChI=1S/C11H16BrN3O2/c1-11(2,3)17-9(16)8-7-6-13-4-5-15(7)10(12)14-8/h13H,4-6H2,1-3H3. The molecule has 0 aromatic carbocycles. The third kappa shape index (κ3) is 2.69. The lowest BCUT2D eigenvalue weighted by Crippen LogP contribution is -2.30. The van der Waals surface area contributed by atoms with E-state index in [-0.39, 0.29) is 5.97 Å². The molecule has 6 heteroatoms. The number of hydrogen-bond acceptors (Lipinski definition) is 4. The van der Waals surface area contributed by atoms with Gasteiger partial charge in [0.05, 0.1) is 5.69 Å². The van der Waals surface area contributed by atoms with Crippen molar-refractivity contribution in [2.24, 2.45) is 0 Å². The van der Waals surface area contributed by atoms with E-state index in [4.69, 9.17) is 4.74 Å². The maximum Gasteiger partial charge on any atom is 0.359 e. The van der Waals surface area contributed by atoms with E-state index in [0.717, 1.165) is 18.8 Å². The smallest absolute Gasteiger partial charge is 0.359 e. The van der Waals surface area contributed by atoms with Gasteiger partial charge in [-0.1, -0.05) is 0 Å². The molecule has 5 nitrogen and oxygen atoms in total. The summed E-state index contributed by atoms with van der Waals surface area (Å²) in [5, 5.41) is 3.22. The number of nitrogens with one attached hydrogen (secondary N) is 1. The van der Waals surface area contributed by atoms with Gasteiger partial charge >= 0.3 is 5.97 Å². The fourth-order valence-electron chi connectivity index (χ4n) is 1.75. The number of imidazole rings is 1. The summed E-state index contributed by atoms with van der Waals surface area (Å²) in [6.07, 6.45) is 0. The summed E-state index contributed by atoms with van der Waals surface area (Å²) >= 11 is 3.37. The Balaban J connectivity index is 2.30. The molecule has 94 valence electrons. The van der Waals surface area contributed by atoms with Gasteiger partial charge in [-0.3, -0.25) is 0 Å². The van der Waals surface area contributed by atoms with Gasteiger partial charge in [-0.2, -0.15) is 0 Å². The van der Waals surface area contributed by atoms with Crippen LogP contribution in [0.25, 0.3) is 0 Å². The first-order valence-electron chi connectivity index (χ1n) is 5.57. The number of rotatable bonds is 1. The van der Waals surface area contributed by atoms with Crippen LogP contribution in [-0.2, 0) is 17.8 Å². The molecule has 0 saturated carbocycles. The molecule has 1 N–H and O–H groups in total. The quantitative estimate of drug-likeness (QED) is 0.802. The topological polar surface area (TPSA) is 56.1 Å². The maximum absolute atomic E-state index is 12.0. The molecule has 1 aliphatic heterocycles. The van der Waals surface area contributed by atoms with Crippen LogP contribution in [0.3, 0.4) is 0 Å². The van der Waals surface area contributed by atoms with E-state index in [0.29, 0.717) is 17.0 Å². The second kappa shape index (κ2) is 4.42. The molecule has 2 rings (SSSR count). The Morgan fingerprint density at radius 1 is 1.53 bits per heavy atom. The summed E-state index contributed by atoms with van der Waals surface area (Å²) < 4.78 is 8.03. The SMILES string of the molecule is CC(C)(C)OC(=O)c1nc(Br)n2c1CNCC2. The van der Waals surface area contributed by atoms with Crippen LogP contribution >= 0.6 is 15.9 Å². The minimum absolute atomic E-state index is 0.365. The Morgan fingerprint density at radius 2 is 2.24 bits per heavy atom. The number of esters is 1. The van der Waals surface area contributed by atoms with Crippen molar-refractivity contribution in [3.05, 3.63) is 16.1 Å². The number of carbonyl (C=O) groups is 1. The van der Waals surface area contributed by atoms with Crippen molar-refractivity contribution in [2.45, 2.75) is 39.5 Å². The molecule has 0 unspecified atom stereocenters. The largest absolute Gasteiger partial charge is 0.455 e. The number of halogens is 1. The number of ether oxygens (including phenoxy) is 1. The summed E-state index contributed by atoms with van der Waals surface area (Å²) in [6.45, 7) is 7.89. The first kappa shape index (κ1) is 12.6. The van der Waals surface area contributed by atoms with Gasteiger partial charge in [-0.05, 0) is 36.7 Å². The average molecular weight is 302 g/mol. The van der Waals surface area contributed by atoms with Crippen LogP contribution in [0.5, 0.6) is 0 Å². The number of aromatic nitrogens is 2. The van der Waals surface area contributed by atoms with Crippen molar-refractivity contribution in [3.63, 3.8) is 0 Å². The maximum atomic E-state index is 12.0. The molecule has 0 bridgehead atoms. The van der Waals surface area contributed by atoms with Crippen LogP contribution in [0.15, 0.2) is 4.73 Å². The van der Waals surface area contributed by atoms with Crippen molar-refractivity contribution in [3.8, 4) is 0 Å². The lowest BCUT2D eigenvalue weighted by molar-refractivity contribution is 0.00615. The van der Waals surface area contributed by atoms with E-state index in [9.17, 15) is 4.79 Å². The van der Waals surface area contributed by atoms with Crippen LogP contribution in [0.1, 0.15) is 37.0 Å². The van der Waals surface area contributed by atoms with E-state index >= 15 is 0 Å². The minimum atomic E-state index is -0.498. The molecule has 0 fully saturated rings. The van der Waals surface area contributed by atoms with Crippen LogP contribution in [-0.4, -0.2) is 27.7 Å². The Morgan fingerprint density at radius 3 is 2.88 bits per heavy atom. The molecule has 1 aromatic rings. The molecule has 0 spiro atoms. The molecule has 2 heterocycles. The van der Waals surface area contributed by atoms with Crippen LogP contribution in [0.4, 0.5) is 0 Å². The summed E-state index contributed by atoms with van der Waals surface area (Å²) in [5.41, 5.74) is 0.790. The van der Waals surface area contributed by atoms with Gasteiger partial charge in [0.15, 0.2) is 10.4 Å². The summed E-state index contributed by atoms with van der Waals surface area (Å²) in [4.78, 5) is 16.2. The van der Waals surface area contributed by atoms with E-state index in [1.165, 1.54) is 0 Å². The van der Waals surface area contributed by atoms with Crippen molar-refractivity contribution in [1.82, 2.24) is 14.9 Å². The summed E-state index contributed by atoms with van der Waals surface area (Å²) in [5.74, 6) is -0.365. The second-order valence-corrected chi connectivity index (χ2v) is 5.72. The minimum Gasteiger partial charge on any atom is -0.455 e. The van der Waals surface area contributed by atoms with Crippen molar-refractivity contribution in [1.29, 1.82) is 0 Å². The van der Waals surface area contributed by atoms with Gasteiger partial charge in [-0.25, -0.2) is 9.78 Å². The number of fused-ring (bicyclic) bond motifs is 1. The van der Waals surface area contributed by atoms with Crippen LogP contribution in [0, 0.1) is 0 Å². The Bertz CT molecular complexity index is 448. The molecule has 1 aromatic heterocycles. The van der Waals surface area contributed by atoms with E-state index in [2.05, 4.69) is 26.2 Å². The van der Waals surface area contributed by atoms with Crippen molar-refractivity contribution in [2.75, 3.05) is 6.54 Å². The molecule has 0 amide bonds. The van der Waals surface area contributed by atoms with E-state index < -0.39 is 5.60 Å². The predicted octanol–water partition coefficient (Wildman–Crippen LogP) is 1.70. The lowest BCUT2D eigenvalue weighted by Gasteiger charge is -2.20. The van der Waals surface area contributed by atoms with Gasteiger partial charge in [0.25, 0.3) is 0 Å². The number of carbonyl (C=O) groups excluding carboxylic acids is 1. The van der Waals surface area contributed by atoms with Gasteiger partial charge in [0.2, 0.25) is 0 Å². The van der Waals surface area contributed by atoms with Gasteiger partial charge in [0.1, 0.15) is 5.60 Å².